The second-order valence-electron chi connectivity index (χ2n) is 3.28. The molecule has 0 N–H and O–H groups in total. The quantitative estimate of drug-likeness (QED) is 0.329. The number of hydrogen-bond acceptors (Lipinski definition) is 3. The Morgan fingerprint density at radius 2 is 1.94 bits per heavy atom. The average molecular weight is 218 g/mol. The second-order valence-corrected chi connectivity index (χ2v) is 3.28. The summed E-state index contributed by atoms with van der Waals surface area (Å²) in [5.41, 5.74) is 0.625. The Morgan fingerprint density at radius 3 is 2.44 bits per heavy atom. The highest BCUT2D eigenvalue weighted by molar-refractivity contribution is 6.25. The van der Waals surface area contributed by atoms with Gasteiger partial charge in [0.1, 0.15) is 5.75 Å². The van der Waals surface area contributed by atoms with Crippen LogP contribution in [0, 0.1) is 0 Å². The summed E-state index contributed by atoms with van der Waals surface area (Å²) in [6.45, 7) is 3.65. The Balaban J connectivity index is 2.76. The van der Waals surface area contributed by atoms with Gasteiger partial charge >= 0.3 is 7.48 Å². The van der Waals surface area contributed by atoms with Crippen LogP contribution in [0.5, 0.6) is 5.75 Å². The number of benzene rings is 1. The molecule has 0 aromatic heterocycles. The van der Waals surface area contributed by atoms with Crippen molar-refractivity contribution >= 4 is 13.3 Å². The van der Waals surface area contributed by atoms with Crippen LogP contribution in [-0.4, -0.2) is 20.4 Å². The van der Waals surface area contributed by atoms with Gasteiger partial charge in [0.15, 0.2) is 5.78 Å². The lowest BCUT2D eigenvalue weighted by Gasteiger charge is -2.03. The van der Waals surface area contributed by atoms with Crippen LogP contribution < -0.4 is 4.74 Å². The molecule has 16 heavy (non-hydrogen) atoms. The number of rotatable bonds is 5. The maximum absolute atomic E-state index is 11.7. The minimum Gasteiger partial charge on any atom is -0.568 e. The second kappa shape index (κ2) is 6.00. The third-order valence-electron chi connectivity index (χ3n) is 2.08. The molecule has 0 aliphatic heterocycles. The van der Waals surface area contributed by atoms with E-state index in [4.69, 9.17) is 9.39 Å². The fourth-order valence-corrected chi connectivity index (χ4v) is 1.29. The first-order valence-corrected chi connectivity index (χ1v) is 5.17. The number of allylic oxidation sites excluding steroid dienone is 2. The van der Waals surface area contributed by atoms with E-state index in [-0.39, 0.29) is 5.78 Å². The average Bonchev–Trinajstić information content (AvgIpc) is 2.29. The maximum Gasteiger partial charge on any atom is 0.336 e. The van der Waals surface area contributed by atoms with E-state index in [2.05, 4.69) is 0 Å². The predicted octanol–water partition coefficient (Wildman–Crippen LogP) is 2.20. The zero-order valence-corrected chi connectivity index (χ0v) is 9.82. The molecule has 0 atom stereocenters. The lowest BCUT2D eigenvalue weighted by molar-refractivity contribution is 0.104. The van der Waals surface area contributed by atoms with Crippen LogP contribution in [0.2, 0.25) is 6.82 Å². The monoisotopic (exact) mass is 218 g/mol. The molecule has 0 bridgehead atoms. The molecule has 84 valence electrons. The highest BCUT2D eigenvalue weighted by Gasteiger charge is 2.03. The van der Waals surface area contributed by atoms with Gasteiger partial charge in [-0.1, -0.05) is 6.82 Å². The highest BCUT2D eigenvalue weighted by Crippen LogP contribution is 2.12. The fourth-order valence-electron chi connectivity index (χ4n) is 1.29. The summed E-state index contributed by atoms with van der Waals surface area (Å²) >= 11 is 0. The smallest absolute Gasteiger partial charge is 0.336 e. The summed E-state index contributed by atoms with van der Waals surface area (Å²) in [6, 6.07) is 6.99. The van der Waals surface area contributed by atoms with E-state index in [9.17, 15) is 4.79 Å². The number of hydrogen-bond donors (Lipinski definition) is 0. The van der Waals surface area contributed by atoms with E-state index in [1.54, 1.807) is 38.3 Å². The van der Waals surface area contributed by atoms with E-state index in [1.807, 2.05) is 6.82 Å². The van der Waals surface area contributed by atoms with Crippen LogP contribution in [0.3, 0.4) is 0 Å². The number of ether oxygens (including phenoxy) is 1. The number of methoxy groups -OCH3 is 1. The Kier molecular flexibility index (Phi) is 4.64. The van der Waals surface area contributed by atoms with Gasteiger partial charge in [-0.05, 0) is 31.2 Å². The molecule has 1 rings (SSSR count). The number of carbonyl (C=O) groups is 1. The molecule has 3 nitrogen and oxygen atoms in total. The Bertz CT molecular complexity index is 382. The van der Waals surface area contributed by atoms with Crippen LogP contribution in [0.15, 0.2) is 36.1 Å². The molecular weight excluding hydrogens is 203 g/mol. The molecule has 0 heterocycles. The molecule has 1 aromatic carbocycles. The van der Waals surface area contributed by atoms with Gasteiger partial charge in [0.05, 0.1) is 12.9 Å². The number of ketones is 1. The summed E-state index contributed by atoms with van der Waals surface area (Å²) in [4.78, 5) is 11.7. The predicted molar refractivity (Wildman–Crippen MR) is 65.2 cm³/mol. The summed E-state index contributed by atoms with van der Waals surface area (Å²) in [6.07, 6.45) is 1.49. The first-order valence-electron chi connectivity index (χ1n) is 5.17. The van der Waals surface area contributed by atoms with Crippen molar-refractivity contribution in [1.82, 2.24) is 0 Å². The van der Waals surface area contributed by atoms with Crippen LogP contribution in [-0.2, 0) is 4.65 Å². The van der Waals surface area contributed by atoms with E-state index in [0.29, 0.717) is 18.8 Å². The van der Waals surface area contributed by atoms with Gasteiger partial charge in [-0.25, -0.2) is 0 Å². The molecule has 0 aliphatic rings. The summed E-state index contributed by atoms with van der Waals surface area (Å²) < 4.78 is 10.2. The van der Waals surface area contributed by atoms with Crippen LogP contribution >= 0.6 is 0 Å². The molecule has 0 aliphatic carbocycles. The molecule has 0 amide bonds. The standard InChI is InChI=1S/C12H15BO3/c1-9(16-13-2)8-12(14)10-4-6-11(15-3)7-5-10/h4-8,13H,1-3H3/b9-8-. The van der Waals surface area contributed by atoms with Gasteiger partial charge in [0.2, 0.25) is 0 Å². The van der Waals surface area contributed by atoms with Crippen LogP contribution in [0.25, 0.3) is 0 Å². The van der Waals surface area contributed by atoms with Crippen molar-refractivity contribution < 1.29 is 14.2 Å². The summed E-state index contributed by atoms with van der Waals surface area (Å²) in [5.74, 6) is 1.30. The van der Waals surface area contributed by atoms with Crippen molar-refractivity contribution in [2.75, 3.05) is 7.11 Å². The number of carbonyl (C=O) groups excluding carboxylic acids is 1. The molecule has 0 saturated carbocycles. The summed E-state index contributed by atoms with van der Waals surface area (Å²) in [5, 5.41) is 0. The lowest BCUT2D eigenvalue weighted by Crippen LogP contribution is -1.98. The first-order chi connectivity index (χ1) is 7.67. The molecule has 0 unspecified atom stereocenters. The lowest BCUT2D eigenvalue weighted by atomic mass is 10.1. The first kappa shape index (κ1) is 12.4. The van der Waals surface area contributed by atoms with Crippen molar-refractivity contribution in [2.24, 2.45) is 0 Å². The minimum atomic E-state index is -0.0615. The van der Waals surface area contributed by atoms with Crippen molar-refractivity contribution in [1.29, 1.82) is 0 Å². The molecule has 0 spiro atoms. The third-order valence-corrected chi connectivity index (χ3v) is 2.08. The molecule has 4 heteroatoms. The zero-order valence-electron chi connectivity index (χ0n) is 9.82. The molecule has 0 saturated heterocycles. The van der Waals surface area contributed by atoms with E-state index in [1.165, 1.54) is 6.08 Å². The largest absolute Gasteiger partial charge is 0.568 e. The Hall–Kier alpha value is -1.71. The third kappa shape index (κ3) is 3.46. The van der Waals surface area contributed by atoms with E-state index < -0.39 is 0 Å². The molecule has 0 radical (unpaired) electrons. The Morgan fingerprint density at radius 1 is 1.31 bits per heavy atom. The van der Waals surface area contributed by atoms with Crippen LogP contribution in [0.4, 0.5) is 0 Å². The SMILES string of the molecule is CBO/C(C)=C\C(=O)c1ccc(OC)cc1. The normalized spacial score (nSPS) is 10.8. The zero-order chi connectivity index (χ0) is 12.0. The van der Waals surface area contributed by atoms with Crippen LogP contribution in [0.1, 0.15) is 17.3 Å². The molecular formula is C12H15BO3. The van der Waals surface area contributed by atoms with Gasteiger partial charge in [-0.2, -0.15) is 0 Å². The van der Waals surface area contributed by atoms with Crippen molar-refractivity contribution in [3.05, 3.63) is 41.7 Å². The van der Waals surface area contributed by atoms with Crippen molar-refractivity contribution in [3.8, 4) is 5.75 Å². The topological polar surface area (TPSA) is 35.5 Å². The van der Waals surface area contributed by atoms with Gasteiger partial charge in [0, 0.05) is 11.6 Å². The highest BCUT2D eigenvalue weighted by atomic mass is 16.5. The maximum atomic E-state index is 11.7. The van der Waals surface area contributed by atoms with Gasteiger partial charge in [-0.15, -0.1) is 0 Å². The van der Waals surface area contributed by atoms with Gasteiger partial charge < -0.3 is 9.39 Å². The van der Waals surface area contributed by atoms with E-state index in [0.717, 1.165) is 5.75 Å². The Labute approximate surface area is 96.3 Å². The fraction of sp³-hybridized carbons (Fsp3) is 0.250. The van der Waals surface area contributed by atoms with E-state index >= 15 is 0 Å². The summed E-state index contributed by atoms with van der Waals surface area (Å²) in [7, 11) is 2.16. The van der Waals surface area contributed by atoms with Gasteiger partial charge in [0.25, 0.3) is 0 Å². The molecule has 0 fully saturated rings. The van der Waals surface area contributed by atoms with Crippen molar-refractivity contribution in [2.45, 2.75) is 13.7 Å². The molecule has 1 aromatic rings. The van der Waals surface area contributed by atoms with Crippen molar-refractivity contribution in [3.63, 3.8) is 0 Å². The van der Waals surface area contributed by atoms with Gasteiger partial charge in [-0.3, -0.25) is 4.79 Å². The minimum absolute atomic E-state index is 0.0615.